The molecule has 9 atom stereocenters. The Morgan fingerprint density at radius 1 is 1.19 bits per heavy atom. The lowest BCUT2D eigenvalue weighted by Crippen LogP contribution is -2.63. The Labute approximate surface area is 152 Å². The van der Waals surface area contributed by atoms with Crippen LogP contribution in [0, 0.1) is 0 Å². The molecule has 0 unspecified atom stereocenters. The van der Waals surface area contributed by atoms with E-state index in [2.05, 4.69) is 5.32 Å². The van der Waals surface area contributed by atoms with Crippen LogP contribution in [0.2, 0.25) is 0 Å². The number of carboxylic acids is 1. The van der Waals surface area contributed by atoms with E-state index in [1.165, 1.54) is 0 Å². The number of rotatable bonds is 9. The summed E-state index contributed by atoms with van der Waals surface area (Å²) in [5, 5.41) is 69.1. The first kappa shape index (κ1) is 23.3. The summed E-state index contributed by atoms with van der Waals surface area (Å²) >= 11 is 0. The van der Waals surface area contributed by atoms with Crippen molar-refractivity contribution in [3.05, 3.63) is 0 Å². The quantitative estimate of drug-likeness (QED) is 0.171. The highest BCUT2D eigenvalue weighted by atomic mass is 16.7. The lowest BCUT2D eigenvalue weighted by atomic mass is 9.98. The normalized spacial score (nSPS) is 32.8. The summed E-state index contributed by atoms with van der Waals surface area (Å²) in [6, 6.07) is -1.60. The number of nitrogens with one attached hydrogen (secondary N) is 1. The number of carbonyl (C=O) groups is 3. The minimum atomic E-state index is -2.01. The molecule has 1 saturated heterocycles. The molecule has 0 aromatic rings. The van der Waals surface area contributed by atoms with E-state index in [1.54, 1.807) is 0 Å². The first-order chi connectivity index (χ1) is 12.5. The van der Waals surface area contributed by atoms with E-state index >= 15 is 0 Å². The third-order valence-electron chi connectivity index (χ3n) is 3.89. The van der Waals surface area contributed by atoms with Gasteiger partial charge in [-0.15, -0.1) is 0 Å². The molecule has 1 aliphatic heterocycles. The van der Waals surface area contributed by atoms with Crippen molar-refractivity contribution >= 4 is 18.2 Å². The molecular weight excluding hydrogens is 374 g/mol. The fourth-order valence-corrected chi connectivity index (χ4v) is 2.45. The number of aldehydes is 1. The summed E-state index contributed by atoms with van der Waals surface area (Å²) < 4.78 is 10.0. The van der Waals surface area contributed by atoms with Gasteiger partial charge in [-0.3, -0.25) is 4.79 Å². The maximum atomic E-state index is 11.3. The third kappa shape index (κ3) is 5.63. The molecule has 1 fully saturated rings. The predicted molar refractivity (Wildman–Crippen MR) is 82.0 cm³/mol. The Kier molecular flexibility index (Phi) is 8.64. The molecule has 0 aromatic carbocycles. The van der Waals surface area contributed by atoms with Crippen molar-refractivity contribution in [1.29, 1.82) is 0 Å². The number of aliphatic hydroxyl groups excluding tert-OH is 6. The largest absolute Gasteiger partial charge is 0.479 e. The summed E-state index contributed by atoms with van der Waals surface area (Å²) in [5.74, 6) is -2.42. The zero-order valence-electron chi connectivity index (χ0n) is 14.2. The van der Waals surface area contributed by atoms with Crippen LogP contribution in [-0.2, 0) is 23.9 Å². The van der Waals surface area contributed by atoms with Crippen molar-refractivity contribution in [2.45, 2.75) is 62.0 Å². The number of carbonyl (C=O) groups excluding carboxylic acids is 2. The van der Waals surface area contributed by atoms with Crippen LogP contribution in [0.4, 0.5) is 0 Å². The Morgan fingerprint density at radius 3 is 2.22 bits per heavy atom. The maximum absolute atomic E-state index is 11.3. The number of aliphatic carboxylic acids is 1. The van der Waals surface area contributed by atoms with Crippen LogP contribution < -0.4 is 5.32 Å². The summed E-state index contributed by atoms with van der Waals surface area (Å²) in [4.78, 5) is 33.6. The molecule has 0 aliphatic carbocycles. The van der Waals surface area contributed by atoms with Crippen LogP contribution in [-0.4, -0.2) is 116 Å². The number of aliphatic hydroxyl groups is 6. The van der Waals surface area contributed by atoms with E-state index in [0.717, 1.165) is 6.92 Å². The molecule has 0 radical (unpaired) electrons. The predicted octanol–water partition coefficient (Wildman–Crippen LogP) is -5.32. The Hall–Kier alpha value is -1.71. The van der Waals surface area contributed by atoms with E-state index in [0.29, 0.717) is 0 Å². The number of carboxylic acid groups (broad SMARTS) is 1. The van der Waals surface area contributed by atoms with E-state index in [1.807, 2.05) is 0 Å². The maximum Gasteiger partial charge on any atom is 0.335 e. The molecule has 0 saturated carbocycles. The smallest absolute Gasteiger partial charge is 0.335 e. The zero-order chi connectivity index (χ0) is 20.9. The molecule has 0 bridgehead atoms. The van der Waals surface area contributed by atoms with Crippen molar-refractivity contribution in [2.75, 3.05) is 6.61 Å². The van der Waals surface area contributed by atoms with Gasteiger partial charge in [0.2, 0.25) is 5.91 Å². The van der Waals surface area contributed by atoms with Crippen molar-refractivity contribution < 1.29 is 59.6 Å². The van der Waals surface area contributed by atoms with Gasteiger partial charge in [0.05, 0.1) is 6.61 Å². The van der Waals surface area contributed by atoms with Crippen LogP contribution in [0.3, 0.4) is 0 Å². The van der Waals surface area contributed by atoms with Crippen molar-refractivity contribution in [3.8, 4) is 0 Å². The Bertz CT molecular complexity index is 530. The highest BCUT2D eigenvalue weighted by molar-refractivity contribution is 5.77. The van der Waals surface area contributed by atoms with Crippen molar-refractivity contribution in [3.63, 3.8) is 0 Å². The molecule has 1 aliphatic rings. The summed E-state index contributed by atoms with van der Waals surface area (Å²) in [6.45, 7) is 0.0782. The van der Waals surface area contributed by atoms with Gasteiger partial charge in [-0.2, -0.15) is 0 Å². The van der Waals surface area contributed by atoms with E-state index in [-0.39, 0.29) is 6.29 Å². The van der Waals surface area contributed by atoms with Gasteiger partial charge in [0.25, 0.3) is 0 Å². The molecule has 27 heavy (non-hydrogen) atoms. The third-order valence-corrected chi connectivity index (χ3v) is 3.89. The average molecular weight is 397 g/mol. The molecule has 156 valence electrons. The van der Waals surface area contributed by atoms with Crippen molar-refractivity contribution in [2.24, 2.45) is 0 Å². The summed E-state index contributed by atoms with van der Waals surface area (Å²) in [7, 11) is 0. The summed E-state index contributed by atoms with van der Waals surface area (Å²) in [5.41, 5.74) is 0. The van der Waals surface area contributed by atoms with Crippen LogP contribution >= 0.6 is 0 Å². The number of hydrogen-bond donors (Lipinski definition) is 8. The molecule has 0 aromatic heterocycles. The second kappa shape index (κ2) is 10.0. The minimum Gasteiger partial charge on any atom is -0.479 e. The second-order valence-electron chi connectivity index (χ2n) is 5.94. The SMILES string of the molecule is CC(=O)N[C@@H](C=O)[C@@H](O[C@@H]1O[C@H](C(=O)O)[C@@H](O)[C@H](O)[C@H]1O)[C@H](O)[C@H](O)CO. The summed E-state index contributed by atoms with van der Waals surface area (Å²) in [6.07, 6.45) is -15.5. The van der Waals surface area contributed by atoms with Crippen LogP contribution in [0.15, 0.2) is 0 Å². The number of hydrogen-bond acceptors (Lipinski definition) is 11. The molecule has 13 heteroatoms. The molecule has 1 rings (SSSR count). The minimum absolute atomic E-state index is 0.133. The van der Waals surface area contributed by atoms with Gasteiger partial charge < -0.3 is 55.3 Å². The highest BCUT2D eigenvalue weighted by Crippen LogP contribution is 2.25. The molecule has 0 spiro atoms. The monoisotopic (exact) mass is 397 g/mol. The van der Waals surface area contributed by atoms with Gasteiger partial charge in [-0.25, -0.2) is 4.79 Å². The molecular formula is C14H23NO12. The van der Waals surface area contributed by atoms with Crippen molar-refractivity contribution in [1.82, 2.24) is 5.32 Å². The molecule has 13 nitrogen and oxygen atoms in total. The van der Waals surface area contributed by atoms with Gasteiger partial charge in [0.1, 0.15) is 49.0 Å². The average Bonchev–Trinajstić information content (AvgIpc) is 2.62. The molecule has 8 N–H and O–H groups in total. The second-order valence-corrected chi connectivity index (χ2v) is 5.94. The topological polar surface area (TPSA) is 223 Å². The van der Waals surface area contributed by atoms with Gasteiger partial charge in [0, 0.05) is 6.92 Å². The standard InChI is InChI=1S/C14H23NO12/c1-4(18)15-5(2-16)11(7(20)6(19)3-17)26-14-10(23)8(21)9(22)12(27-14)13(24)25/h2,5-12,14,17,19-23H,3H2,1H3,(H,15,18)(H,24,25)/t5-,6+,7+,8-,9-,10+,11+,12-,14+/m0/s1. The van der Waals surface area contributed by atoms with Gasteiger partial charge in [-0.05, 0) is 0 Å². The zero-order valence-corrected chi connectivity index (χ0v) is 14.2. The first-order valence-corrected chi connectivity index (χ1v) is 7.82. The lowest BCUT2D eigenvalue weighted by Gasteiger charge is -2.41. The fraction of sp³-hybridized carbons (Fsp3) is 0.786. The van der Waals surface area contributed by atoms with Gasteiger partial charge in [-0.1, -0.05) is 0 Å². The van der Waals surface area contributed by atoms with E-state index < -0.39 is 73.5 Å². The molecule has 1 heterocycles. The first-order valence-electron chi connectivity index (χ1n) is 7.82. The Balaban J connectivity index is 3.12. The van der Waals surface area contributed by atoms with E-state index in [9.17, 15) is 39.9 Å². The fourth-order valence-electron chi connectivity index (χ4n) is 2.45. The van der Waals surface area contributed by atoms with Gasteiger partial charge >= 0.3 is 5.97 Å². The number of ether oxygens (including phenoxy) is 2. The van der Waals surface area contributed by atoms with Crippen LogP contribution in [0.5, 0.6) is 0 Å². The highest BCUT2D eigenvalue weighted by Gasteiger charge is 2.49. The van der Waals surface area contributed by atoms with Crippen LogP contribution in [0.25, 0.3) is 0 Å². The lowest BCUT2D eigenvalue weighted by molar-refractivity contribution is -0.314. The number of amides is 1. The molecule has 1 amide bonds. The Morgan fingerprint density at radius 2 is 1.78 bits per heavy atom. The van der Waals surface area contributed by atoms with Gasteiger partial charge in [0.15, 0.2) is 12.4 Å². The van der Waals surface area contributed by atoms with Crippen LogP contribution in [0.1, 0.15) is 6.92 Å². The van der Waals surface area contributed by atoms with E-state index in [4.69, 9.17) is 19.7 Å².